The smallest absolute Gasteiger partial charge is 0.456 e. The molecule has 0 aliphatic carbocycles. The first-order chi connectivity index (χ1) is 37.9. The molecule has 0 radical (unpaired) electrons. The van der Waals surface area contributed by atoms with Crippen molar-refractivity contribution < 1.29 is 37.3 Å². The van der Waals surface area contributed by atoms with Crippen molar-refractivity contribution in [3.05, 3.63) is 122 Å². The van der Waals surface area contributed by atoms with Gasteiger partial charge < -0.3 is 19.4 Å². The summed E-state index contributed by atoms with van der Waals surface area (Å²) in [5.74, 6) is -0.616. The molecule has 0 aromatic rings. The highest BCUT2D eigenvalue weighted by atomic mass is 31.2. The van der Waals surface area contributed by atoms with E-state index in [0.717, 1.165) is 103 Å². The summed E-state index contributed by atoms with van der Waals surface area (Å²) in [5.41, 5.74) is 0. The molecule has 0 spiro atoms. The molecule has 0 fully saturated rings. The number of phosphoric ester groups is 1. The van der Waals surface area contributed by atoms with Crippen LogP contribution in [0.3, 0.4) is 0 Å². The molecule has 10 heteroatoms. The first-order valence-corrected chi connectivity index (χ1v) is 32.9. The maximum absolute atomic E-state index is 13.5. The van der Waals surface area contributed by atoms with Crippen LogP contribution in [0.4, 0.5) is 0 Å². The number of likely N-dealkylation sites (N-methyl/N-ethyl adjacent to an activating group) is 1. The van der Waals surface area contributed by atoms with Gasteiger partial charge in [0.2, 0.25) is 5.91 Å². The van der Waals surface area contributed by atoms with Gasteiger partial charge in [0.1, 0.15) is 19.3 Å². The maximum atomic E-state index is 13.5. The van der Waals surface area contributed by atoms with E-state index >= 15 is 0 Å². The SMILES string of the molecule is CC/C=C/C/C=C/C/C=C/C/C=C/C/C=C/CCC(=O)NC(COP(=O)(O)OCC[N+](C)(C)C)C(/C=C\CCCCCCCCCCC)OC(=O)CCCCCCCCCCC/C=C\C/C=C\C/C=C\C/C=C\CCCCC. The van der Waals surface area contributed by atoms with Crippen molar-refractivity contribution in [1.29, 1.82) is 0 Å². The van der Waals surface area contributed by atoms with Crippen LogP contribution < -0.4 is 5.32 Å². The number of rotatable bonds is 55. The van der Waals surface area contributed by atoms with Gasteiger partial charge in [-0.1, -0.05) is 245 Å². The summed E-state index contributed by atoms with van der Waals surface area (Å²) in [6, 6.07) is -0.898. The quantitative estimate of drug-likeness (QED) is 0.0205. The zero-order valence-corrected chi connectivity index (χ0v) is 51.8. The van der Waals surface area contributed by atoms with Crippen LogP contribution in [0, 0.1) is 0 Å². The summed E-state index contributed by atoms with van der Waals surface area (Å²) < 4.78 is 30.6. The Balaban J connectivity index is 5.24. The molecule has 78 heavy (non-hydrogen) atoms. The standard InChI is InChI=1S/C68H117N2O7P/c1-7-10-13-16-19-22-25-27-29-31-32-33-34-35-36-37-38-39-41-43-46-49-52-55-58-61-68(72)77-66(59-56-53-50-47-44-24-21-18-15-12-9-3)65(64-76-78(73,74)75-63-62-70(4,5)6)69-67(71)60-57-54-51-48-45-42-40-30-28-26-23-20-17-14-11-8-2/h11,14,19-20,22-23,27-30,32-33,35-36,42,45,51,54,56,59,65-66H,7-10,12-13,15-18,21,24-26,31,34,37-41,43-44,46-50,52-53,55,57-58,60-64H2,1-6H3,(H-,69,71,73,74)/p+1/b14-11+,22-19-,23-20+,29-27-,30-28+,33-32-,36-35-,45-42+,54-51+,59-56-. The largest absolute Gasteiger partial charge is 0.472 e. The Morgan fingerprint density at radius 1 is 0.462 bits per heavy atom. The lowest BCUT2D eigenvalue weighted by atomic mass is 10.1. The number of amides is 1. The highest BCUT2D eigenvalue weighted by Gasteiger charge is 2.30. The van der Waals surface area contributed by atoms with Crippen LogP contribution in [0.1, 0.15) is 245 Å². The monoisotopic (exact) mass is 1110 g/mol. The fraction of sp³-hybridized carbons (Fsp3) is 0.676. The molecule has 1 amide bonds. The molecule has 0 saturated carbocycles. The molecule has 9 nitrogen and oxygen atoms in total. The lowest BCUT2D eigenvalue weighted by Crippen LogP contribution is -2.47. The first kappa shape index (κ1) is 74.4. The Bertz CT molecular complexity index is 1750. The van der Waals surface area contributed by atoms with Crippen LogP contribution in [-0.2, 0) is 27.9 Å². The summed E-state index contributed by atoms with van der Waals surface area (Å²) in [5, 5.41) is 3.00. The molecule has 0 heterocycles. The molecule has 3 atom stereocenters. The van der Waals surface area contributed by atoms with Crippen molar-refractivity contribution in [3.63, 3.8) is 0 Å². The number of allylic oxidation sites excluding steroid dienone is 19. The van der Waals surface area contributed by atoms with Crippen molar-refractivity contribution >= 4 is 19.7 Å². The minimum Gasteiger partial charge on any atom is -0.456 e. The number of carbonyl (C=O) groups excluding carboxylic acids is 2. The van der Waals surface area contributed by atoms with Crippen LogP contribution in [0.2, 0.25) is 0 Å². The summed E-state index contributed by atoms with van der Waals surface area (Å²) >= 11 is 0. The number of carbonyl (C=O) groups is 2. The molecule has 0 saturated heterocycles. The first-order valence-electron chi connectivity index (χ1n) is 31.4. The fourth-order valence-electron chi connectivity index (χ4n) is 8.32. The summed E-state index contributed by atoms with van der Waals surface area (Å²) in [4.78, 5) is 37.6. The molecule has 0 bridgehead atoms. The Morgan fingerprint density at radius 2 is 0.833 bits per heavy atom. The molecular formula is C68H118N2O7P+. The molecular weight excluding hydrogens is 988 g/mol. The van der Waals surface area contributed by atoms with Crippen molar-refractivity contribution in [1.82, 2.24) is 5.32 Å². The maximum Gasteiger partial charge on any atom is 0.472 e. The minimum absolute atomic E-state index is 0.0198. The second-order valence-corrected chi connectivity index (χ2v) is 23.3. The van der Waals surface area contributed by atoms with Gasteiger partial charge in [-0.2, -0.15) is 0 Å². The Labute approximate surface area is 480 Å². The molecule has 3 unspecified atom stereocenters. The van der Waals surface area contributed by atoms with E-state index in [1.165, 1.54) is 103 Å². The third kappa shape index (κ3) is 57.1. The lowest BCUT2D eigenvalue weighted by Gasteiger charge is -2.27. The van der Waals surface area contributed by atoms with Gasteiger partial charge >= 0.3 is 13.8 Å². The average Bonchev–Trinajstić information content (AvgIpc) is 3.40. The van der Waals surface area contributed by atoms with Gasteiger partial charge in [0, 0.05) is 12.8 Å². The summed E-state index contributed by atoms with van der Waals surface area (Å²) in [6.07, 6.45) is 79.4. The Hall–Kier alpha value is -3.59. The van der Waals surface area contributed by atoms with Gasteiger partial charge in [-0.05, 0) is 109 Å². The van der Waals surface area contributed by atoms with Gasteiger partial charge in [0.05, 0.1) is 33.8 Å². The summed E-state index contributed by atoms with van der Waals surface area (Å²) in [7, 11) is 1.43. The van der Waals surface area contributed by atoms with Crippen molar-refractivity contribution in [2.45, 2.75) is 258 Å². The van der Waals surface area contributed by atoms with E-state index in [9.17, 15) is 19.0 Å². The number of hydrogen-bond acceptors (Lipinski definition) is 6. The van der Waals surface area contributed by atoms with Crippen molar-refractivity contribution in [2.75, 3.05) is 40.9 Å². The lowest BCUT2D eigenvalue weighted by molar-refractivity contribution is -0.870. The number of nitrogens with one attached hydrogen (secondary N) is 1. The van der Waals surface area contributed by atoms with Crippen LogP contribution in [-0.4, -0.2) is 74.3 Å². The minimum atomic E-state index is -4.48. The van der Waals surface area contributed by atoms with Gasteiger partial charge in [0.15, 0.2) is 0 Å². The topological polar surface area (TPSA) is 111 Å². The number of esters is 1. The number of quaternary nitrogens is 1. The van der Waals surface area contributed by atoms with Crippen molar-refractivity contribution in [3.8, 4) is 0 Å². The third-order valence-corrected chi connectivity index (χ3v) is 14.1. The van der Waals surface area contributed by atoms with Gasteiger partial charge in [-0.3, -0.25) is 18.6 Å². The van der Waals surface area contributed by atoms with E-state index in [0.29, 0.717) is 17.4 Å². The average molecular weight is 1110 g/mol. The van der Waals surface area contributed by atoms with Gasteiger partial charge in [-0.25, -0.2) is 4.57 Å². The zero-order chi connectivity index (χ0) is 57.2. The van der Waals surface area contributed by atoms with Crippen LogP contribution in [0.25, 0.3) is 0 Å². The molecule has 2 N–H and O–H groups in total. The molecule has 0 rings (SSSR count). The number of ether oxygens (including phenoxy) is 1. The zero-order valence-electron chi connectivity index (χ0n) is 50.9. The van der Waals surface area contributed by atoms with Crippen LogP contribution in [0.15, 0.2) is 122 Å². The van der Waals surface area contributed by atoms with E-state index in [2.05, 4.69) is 123 Å². The summed E-state index contributed by atoms with van der Waals surface area (Å²) in [6.45, 7) is 6.79. The Kier molecular flexibility index (Phi) is 54.1. The highest BCUT2D eigenvalue weighted by Crippen LogP contribution is 2.43. The predicted octanol–water partition coefficient (Wildman–Crippen LogP) is 19.5. The van der Waals surface area contributed by atoms with Gasteiger partial charge in [-0.15, -0.1) is 0 Å². The van der Waals surface area contributed by atoms with E-state index in [4.69, 9.17) is 13.8 Å². The van der Waals surface area contributed by atoms with E-state index < -0.39 is 20.0 Å². The molecule has 0 aliphatic heterocycles. The second-order valence-electron chi connectivity index (χ2n) is 21.8. The molecule has 0 aromatic carbocycles. The van der Waals surface area contributed by atoms with E-state index in [1.54, 1.807) is 0 Å². The number of unbranched alkanes of at least 4 members (excludes halogenated alkanes) is 21. The van der Waals surface area contributed by atoms with E-state index in [-0.39, 0.29) is 37.9 Å². The van der Waals surface area contributed by atoms with Crippen molar-refractivity contribution in [2.24, 2.45) is 0 Å². The Morgan fingerprint density at radius 3 is 1.28 bits per heavy atom. The van der Waals surface area contributed by atoms with Gasteiger partial charge in [0.25, 0.3) is 0 Å². The normalized spacial score (nSPS) is 14.5. The number of nitrogens with zero attached hydrogens (tertiary/aromatic N) is 1. The third-order valence-electron chi connectivity index (χ3n) is 13.1. The van der Waals surface area contributed by atoms with Crippen LogP contribution in [0.5, 0.6) is 0 Å². The highest BCUT2D eigenvalue weighted by molar-refractivity contribution is 7.47. The molecule has 0 aromatic heterocycles. The fourth-order valence-corrected chi connectivity index (χ4v) is 9.06. The molecule has 0 aliphatic rings. The second kappa shape index (κ2) is 56.7. The van der Waals surface area contributed by atoms with E-state index in [1.807, 2.05) is 45.4 Å². The number of phosphoric acid groups is 1. The van der Waals surface area contributed by atoms with Crippen LogP contribution >= 0.6 is 7.82 Å². The number of hydrogen-bond donors (Lipinski definition) is 2. The predicted molar refractivity (Wildman–Crippen MR) is 336 cm³/mol. The molecule has 446 valence electrons.